The molecule has 0 aromatic heterocycles. The number of aliphatic carboxylic acids is 1. The molecule has 0 aromatic carbocycles. The molecule has 100 valence electrons. The third-order valence-electron chi connectivity index (χ3n) is 1.81. The molecule has 0 aliphatic carbocycles. The maximum absolute atomic E-state index is 11.7. The number of hydrogen-bond acceptors (Lipinski definition) is 4. The summed E-state index contributed by atoms with van der Waals surface area (Å²) >= 11 is 0. The lowest BCUT2D eigenvalue weighted by Gasteiger charge is -2.26. The largest absolute Gasteiger partial charge is 0.481 e. The average Bonchev–Trinajstić information content (AvgIpc) is 2.14. The molecule has 1 amide bonds. The summed E-state index contributed by atoms with van der Waals surface area (Å²) in [5, 5.41) is 8.59. The molecule has 17 heavy (non-hydrogen) atoms. The van der Waals surface area contributed by atoms with E-state index in [2.05, 4.69) is 0 Å². The molecule has 6 nitrogen and oxygen atoms in total. The van der Waals surface area contributed by atoms with Gasteiger partial charge >= 0.3 is 12.1 Å². The first kappa shape index (κ1) is 15.7. The number of ether oxygens (including phenoxy) is 2. The summed E-state index contributed by atoms with van der Waals surface area (Å²) in [6.45, 7) is 6.06. The maximum Gasteiger partial charge on any atom is 0.410 e. The molecule has 0 atom stereocenters. The van der Waals surface area contributed by atoms with Crippen LogP contribution in [0.5, 0.6) is 0 Å². The second-order valence-electron chi connectivity index (χ2n) is 4.60. The molecule has 0 radical (unpaired) electrons. The van der Waals surface area contributed by atoms with Gasteiger partial charge in [0, 0.05) is 20.2 Å². The van der Waals surface area contributed by atoms with Crippen molar-refractivity contribution in [3.05, 3.63) is 0 Å². The highest BCUT2D eigenvalue weighted by molar-refractivity contribution is 5.70. The molecule has 0 heterocycles. The van der Waals surface area contributed by atoms with E-state index in [0.717, 1.165) is 0 Å². The minimum absolute atomic E-state index is 0.108. The van der Waals surface area contributed by atoms with E-state index in [1.165, 1.54) is 12.0 Å². The van der Waals surface area contributed by atoms with E-state index in [4.69, 9.17) is 14.6 Å². The lowest BCUT2D eigenvalue weighted by Crippen LogP contribution is -2.39. The number of carbonyl (C=O) groups excluding carboxylic acids is 1. The molecule has 0 spiro atoms. The van der Waals surface area contributed by atoms with Gasteiger partial charge < -0.3 is 19.5 Å². The second-order valence-corrected chi connectivity index (χ2v) is 4.60. The summed E-state index contributed by atoms with van der Waals surface area (Å²) in [4.78, 5) is 23.5. The molecule has 0 aliphatic heterocycles. The topological polar surface area (TPSA) is 76.1 Å². The van der Waals surface area contributed by atoms with Crippen molar-refractivity contribution in [1.29, 1.82) is 0 Å². The monoisotopic (exact) mass is 247 g/mol. The van der Waals surface area contributed by atoms with Crippen LogP contribution in [0.15, 0.2) is 0 Å². The van der Waals surface area contributed by atoms with Gasteiger partial charge in [0.1, 0.15) is 5.60 Å². The second kappa shape index (κ2) is 7.11. The van der Waals surface area contributed by atoms with Gasteiger partial charge in [-0.3, -0.25) is 4.79 Å². The van der Waals surface area contributed by atoms with E-state index in [-0.39, 0.29) is 13.0 Å². The van der Waals surface area contributed by atoms with Gasteiger partial charge in [0.2, 0.25) is 0 Å². The normalized spacial score (nSPS) is 11.1. The van der Waals surface area contributed by atoms with Crippen LogP contribution in [0.1, 0.15) is 27.2 Å². The van der Waals surface area contributed by atoms with Gasteiger partial charge in [-0.2, -0.15) is 0 Å². The first-order valence-electron chi connectivity index (χ1n) is 5.45. The Hall–Kier alpha value is -1.30. The fourth-order valence-electron chi connectivity index (χ4n) is 1.05. The quantitative estimate of drug-likeness (QED) is 0.766. The fourth-order valence-corrected chi connectivity index (χ4v) is 1.05. The van der Waals surface area contributed by atoms with Gasteiger partial charge in [0.25, 0.3) is 0 Å². The number of carboxylic acid groups (broad SMARTS) is 1. The lowest BCUT2D eigenvalue weighted by atomic mass is 10.2. The van der Waals surface area contributed by atoms with E-state index in [1.807, 2.05) is 0 Å². The van der Waals surface area contributed by atoms with Gasteiger partial charge in [-0.15, -0.1) is 0 Å². The highest BCUT2D eigenvalue weighted by Gasteiger charge is 2.22. The van der Waals surface area contributed by atoms with Crippen molar-refractivity contribution in [3.8, 4) is 0 Å². The van der Waals surface area contributed by atoms with Crippen molar-refractivity contribution in [1.82, 2.24) is 4.90 Å². The summed E-state index contributed by atoms with van der Waals surface area (Å²) in [6, 6.07) is 0. The number of nitrogens with zero attached hydrogens (tertiary/aromatic N) is 1. The van der Waals surface area contributed by atoms with Crippen LogP contribution in [-0.4, -0.2) is 54.5 Å². The maximum atomic E-state index is 11.7. The fraction of sp³-hybridized carbons (Fsp3) is 0.818. The van der Waals surface area contributed by atoms with E-state index in [1.54, 1.807) is 20.8 Å². The van der Waals surface area contributed by atoms with Gasteiger partial charge in [-0.05, 0) is 20.8 Å². The van der Waals surface area contributed by atoms with Gasteiger partial charge in [0.05, 0.1) is 13.0 Å². The third-order valence-corrected chi connectivity index (χ3v) is 1.81. The van der Waals surface area contributed by atoms with Crippen LogP contribution in [0.4, 0.5) is 4.79 Å². The Morgan fingerprint density at radius 1 is 1.24 bits per heavy atom. The summed E-state index contributed by atoms with van der Waals surface area (Å²) in [5.74, 6) is -0.948. The minimum Gasteiger partial charge on any atom is -0.481 e. The Morgan fingerprint density at radius 3 is 2.24 bits per heavy atom. The molecule has 0 saturated carbocycles. The molecule has 0 aromatic rings. The van der Waals surface area contributed by atoms with Crippen molar-refractivity contribution in [2.24, 2.45) is 0 Å². The number of methoxy groups -OCH3 is 1. The molecular formula is C11H21NO5. The summed E-state index contributed by atoms with van der Waals surface area (Å²) < 4.78 is 10.0. The zero-order valence-corrected chi connectivity index (χ0v) is 10.9. The molecule has 1 N–H and O–H groups in total. The molecule has 0 rings (SSSR count). The number of amides is 1. The lowest BCUT2D eigenvalue weighted by molar-refractivity contribution is -0.137. The first-order chi connectivity index (χ1) is 7.76. The van der Waals surface area contributed by atoms with Crippen molar-refractivity contribution < 1.29 is 24.2 Å². The Kier molecular flexibility index (Phi) is 6.57. The number of carboxylic acids is 1. The Balaban J connectivity index is 4.33. The molecule has 0 bridgehead atoms. The molecule has 0 aliphatic rings. The van der Waals surface area contributed by atoms with Crippen LogP contribution in [0.2, 0.25) is 0 Å². The smallest absolute Gasteiger partial charge is 0.410 e. The van der Waals surface area contributed by atoms with Crippen LogP contribution in [0.25, 0.3) is 0 Å². The number of carbonyl (C=O) groups is 2. The van der Waals surface area contributed by atoms with E-state index < -0.39 is 17.7 Å². The van der Waals surface area contributed by atoms with E-state index in [9.17, 15) is 9.59 Å². The van der Waals surface area contributed by atoms with Gasteiger partial charge in [-0.25, -0.2) is 4.79 Å². The zero-order valence-electron chi connectivity index (χ0n) is 10.9. The Labute approximate surface area is 101 Å². The van der Waals surface area contributed by atoms with Gasteiger partial charge in [0.15, 0.2) is 0 Å². The first-order valence-corrected chi connectivity index (χ1v) is 5.45. The molecule has 0 unspecified atom stereocenters. The van der Waals surface area contributed by atoms with Crippen LogP contribution in [0.3, 0.4) is 0 Å². The Bertz CT molecular complexity index is 259. The van der Waals surface area contributed by atoms with Crippen LogP contribution in [0, 0.1) is 0 Å². The molecule has 0 saturated heterocycles. The van der Waals surface area contributed by atoms with Crippen molar-refractivity contribution in [2.75, 3.05) is 26.8 Å². The third kappa shape index (κ3) is 8.50. The van der Waals surface area contributed by atoms with Crippen molar-refractivity contribution >= 4 is 12.1 Å². The molecular weight excluding hydrogens is 226 g/mol. The van der Waals surface area contributed by atoms with Crippen LogP contribution >= 0.6 is 0 Å². The Morgan fingerprint density at radius 2 is 1.82 bits per heavy atom. The summed E-state index contributed by atoms with van der Waals surface area (Å²) in [7, 11) is 1.52. The predicted molar refractivity (Wildman–Crippen MR) is 61.9 cm³/mol. The van der Waals surface area contributed by atoms with Crippen LogP contribution < -0.4 is 0 Å². The SMILES string of the molecule is COCCN(CCC(=O)O)C(=O)OC(C)(C)C. The summed E-state index contributed by atoms with van der Waals surface area (Å²) in [6.07, 6.45) is -0.626. The predicted octanol–water partition coefficient (Wildman–Crippen LogP) is 1.34. The van der Waals surface area contributed by atoms with Crippen LogP contribution in [-0.2, 0) is 14.3 Å². The van der Waals surface area contributed by atoms with Gasteiger partial charge in [-0.1, -0.05) is 0 Å². The molecule has 0 fully saturated rings. The summed E-state index contributed by atoms with van der Waals surface area (Å²) in [5.41, 5.74) is -0.592. The number of hydrogen-bond donors (Lipinski definition) is 1. The standard InChI is InChI=1S/C11H21NO5/c1-11(2,3)17-10(15)12(7-8-16-4)6-5-9(13)14/h5-8H2,1-4H3,(H,13,14). The van der Waals surface area contributed by atoms with Crippen molar-refractivity contribution in [2.45, 2.75) is 32.8 Å². The number of rotatable bonds is 6. The van der Waals surface area contributed by atoms with E-state index >= 15 is 0 Å². The highest BCUT2D eigenvalue weighted by atomic mass is 16.6. The average molecular weight is 247 g/mol. The molecule has 6 heteroatoms. The highest BCUT2D eigenvalue weighted by Crippen LogP contribution is 2.10. The minimum atomic E-state index is -0.948. The zero-order chi connectivity index (χ0) is 13.5. The van der Waals surface area contributed by atoms with Crippen molar-refractivity contribution in [3.63, 3.8) is 0 Å². The van der Waals surface area contributed by atoms with E-state index in [0.29, 0.717) is 13.2 Å².